The summed E-state index contributed by atoms with van der Waals surface area (Å²) in [5.74, 6) is -0.683. The summed E-state index contributed by atoms with van der Waals surface area (Å²) in [6.07, 6.45) is 0.210. The first-order chi connectivity index (χ1) is 18.7. The van der Waals surface area contributed by atoms with Crippen LogP contribution in [0.1, 0.15) is 30.0 Å². The van der Waals surface area contributed by atoms with Gasteiger partial charge >= 0.3 is 6.03 Å². The number of benzene rings is 2. The lowest BCUT2D eigenvalue weighted by Gasteiger charge is -2.31. The van der Waals surface area contributed by atoms with Gasteiger partial charge in [0.1, 0.15) is 34.2 Å². The highest BCUT2D eigenvalue weighted by Crippen LogP contribution is 2.35. The third-order valence-electron chi connectivity index (χ3n) is 6.51. The SMILES string of the molecule is CC(C(=O)NO)N1CCC(NC(=O)NCc2ccccc2)(c2ccc(OCc3cc(Cl)nc(Cl)c3)cc2)C1=O. The molecule has 1 fully saturated rings. The minimum absolute atomic E-state index is 0.188. The number of rotatable bonds is 9. The number of ether oxygens (including phenoxy) is 1. The van der Waals surface area contributed by atoms with Crippen molar-refractivity contribution in [1.29, 1.82) is 0 Å². The lowest BCUT2D eigenvalue weighted by molar-refractivity contribution is -0.143. The Balaban J connectivity index is 1.54. The monoisotopic (exact) mass is 571 g/mol. The standard InChI is InChI=1S/C27H27Cl2N5O5/c1-17(24(35)33-38)34-12-11-27(25(34)36,32-26(37)30-15-18-5-3-2-4-6-18)20-7-9-21(10-8-20)39-16-19-13-22(28)31-23(29)14-19/h2-10,13-14,17,38H,11-12,15-16H2,1H3,(H,33,35)(H2,30,32,37). The summed E-state index contributed by atoms with van der Waals surface area (Å²) in [6, 6.07) is 17.9. The quantitative estimate of drug-likeness (QED) is 0.175. The fourth-order valence-corrected chi connectivity index (χ4v) is 4.92. The number of urea groups is 1. The predicted molar refractivity (Wildman–Crippen MR) is 144 cm³/mol. The van der Waals surface area contributed by atoms with E-state index < -0.39 is 29.4 Å². The highest BCUT2D eigenvalue weighted by atomic mass is 35.5. The maximum Gasteiger partial charge on any atom is 0.316 e. The lowest BCUT2D eigenvalue weighted by atomic mass is 9.88. The van der Waals surface area contributed by atoms with Gasteiger partial charge in [0.15, 0.2) is 0 Å². The van der Waals surface area contributed by atoms with Crippen molar-refractivity contribution < 1.29 is 24.3 Å². The van der Waals surface area contributed by atoms with E-state index in [9.17, 15) is 14.4 Å². The Labute approximate surface area is 235 Å². The van der Waals surface area contributed by atoms with E-state index in [1.807, 2.05) is 30.3 Å². The highest BCUT2D eigenvalue weighted by Gasteiger charge is 2.51. The van der Waals surface area contributed by atoms with Crippen molar-refractivity contribution in [2.24, 2.45) is 0 Å². The Bertz CT molecular complexity index is 1320. The maximum absolute atomic E-state index is 13.7. The van der Waals surface area contributed by atoms with Crippen LogP contribution >= 0.6 is 23.2 Å². The number of hydroxylamine groups is 1. The van der Waals surface area contributed by atoms with Crippen LogP contribution in [0.2, 0.25) is 10.3 Å². The molecule has 39 heavy (non-hydrogen) atoms. The van der Waals surface area contributed by atoms with Gasteiger partial charge in [0, 0.05) is 19.5 Å². The smallest absolute Gasteiger partial charge is 0.316 e. The van der Waals surface area contributed by atoms with E-state index in [1.54, 1.807) is 41.9 Å². The number of nitrogens with zero attached hydrogens (tertiary/aromatic N) is 2. The van der Waals surface area contributed by atoms with Crippen LogP contribution in [0.4, 0.5) is 4.79 Å². The molecule has 12 heteroatoms. The molecule has 1 aliphatic rings. The zero-order valence-corrected chi connectivity index (χ0v) is 22.5. The van der Waals surface area contributed by atoms with E-state index in [0.29, 0.717) is 11.3 Å². The molecule has 2 atom stereocenters. The number of carbonyl (C=O) groups excluding carboxylic acids is 3. The van der Waals surface area contributed by atoms with Gasteiger partial charge in [0.05, 0.1) is 0 Å². The lowest BCUT2D eigenvalue weighted by Crippen LogP contribution is -2.56. The largest absolute Gasteiger partial charge is 0.489 e. The van der Waals surface area contributed by atoms with Gasteiger partial charge in [-0.25, -0.2) is 15.3 Å². The summed E-state index contributed by atoms with van der Waals surface area (Å²) in [5.41, 5.74) is 2.29. The first-order valence-electron chi connectivity index (χ1n) is 12.1. The van der Waals surface area contributed by atoms with Crippen molar-refractivity contribution in [3.05, 3.63) is 93.7 Å². The first kappa shape index (κ1) is 28.2. The summed E-state index contributed by atoms with van der Waals surface area (Å²) in [5, 5.41) is 15.2. The van der Waals surface area contributed by atoms with Crippen LogP contribution in [0.5, 0.6) is 5.75 Å². The van der Waals surface area contributed by atoms with Crippen LogP contribution in [0.25, 0.3) is 0 Å². The fraction of sp³-hybridized carbons (Fsp3) is 0.259. The summed E-state index contributed by atoms with van der Waals surface area (Å²) in [7, 11) is 0. The second-order valence-corrected chi connectivity index (χ2v) is 9.81. The van der Waals surface area contributed by atoms with Crippen LogP contribution < -0.4 is 20.9 Å². The number of hydrogen-bond donors (Lipinski definition) is 4. The summed E-state index contributed by atoms with van der Waals surface area (Å²) in [4.78, 5) is 44.0. The molecular formula is C27H27Cl2N5O5. The Hall–Kier alpha value is -3.86. The second kappa shape index (κ2) is 12.3. The third kappa shape index (κ3) is 6.59. The Morgan fingerprint density at radius 1 is 1.08 bits per heavy atom. The van der Waals surface area contributed by atoms with Crippen molar-refractivity contribution in [2.75, 3.05) is 6.54 Å². The molecule has 2 heterocycles. The number of halogens is 2. The zero-order valence-electron chi connectivity index (χ0n) is 21.0. The minimum atomic E-state index is -1.44. The molecule has 1 aliphatic heterocycles. The fourth-order valence-electron chi connectivity index (χ4n) is 4.42. The van der Waals surface area contributed by atoms with Gasteiger partial charge in [-0.05, 0) is 47.9 Å². The van der Waals surface area contributed by atoms with Gasteiger partial charge in [-0.2, -0.15) is 0 Å². The van der Waals surface area contributed by atoms with Crippen molar-refractivity contribution in [1.82, 2.24) is 26.0 Å². The number of likely N-dealkylation sites (tertiary alicyclic amines) is 1. The van der Waals surface area contributed by atoms with Crippen molar-refractivity contribution in [3.63, 3.8) is 0 Å². The van der Waals surface area contributed by atoms with Crippen LogP contribution in [-0.2, 0) is 28.3 Å². The molecule has 2 unspecified atom stereocenters. The number of aromatic nitrogens is 1. The van der Waals surface area contributed by atoms with Gasteiger partial charge in [-0.1, -0.05) is 65.7 Å². The first-order valence-corrected chi connectivity index (χ1v) is 12.9. The van der Waals surface area contributed by atoms with E-state index in [2.05, 4.69) is 15.6 Å². The minimum Gasteiger partial charge on any atom is -0.489 e. The average Bonchev–Trinajstić information content (AvgIpc) is 3.26. The van der Waals surface area contributed by atoms with Crippen molar-refractivity contribution >= 4 is 41.0 Å². The number of pyridine rings is 1. The zero-order chi connectivity index (χ0) is 28.0. The summed E-state index contributed by atoms with van der Waals surface area (Å²) >= 11 is 11.9. The molecule has 0 saturated carbocycles. The Kier molecular flexibility index (Phi) is 8.90. The molecule has 1 saturated heterocycles. The van der Waals surface area contributed by atoms with Gasteiger partial charge in [-0.3, -0.25) is 14.8 Å². The highest BCUT2D eigenvalue weighted by molar-refractivity contribution is 6.32. The third-order valence-corrected chi connectivity index (χ3v) is 6.90. The summed E-state index contributed by atoms with van der Waals surface area (Å²) < 4.78 is 5.83. The number of amides is 4. The molecule has 0 spiro atoms. The number of carbonyl (C=O) groups is 3. The molecule has 4 rings (SSSR count). The van der Waals surface area contributed by atoms with Gasteiger partial charge in [-0.15, -0.1) is 0 Å². The van der Waals surface area contributed by atoms with Crippen LogP contribution in [-0.4, -0.2) is 45.5 Å². The van der Waals surface area contributed by atoms with Crippen LogP contribution in [0.3, 0.4) is 0 Å². The van der Waals surface area contributed by atoms with E-state index in [4.69, 9.17) is 33.1 Å². The summed E-state index contributed by atoms with van der Waals surface area (Å²) in [6.45, 7) is 2.14. The van der Waals surface area contributed by atoms with Crippen LogP contribution in [0.15, 0.2) is 66.7 Å². The van der Waals surface area contributed by atoms with Gasteiger partial charge in [0.25, 0.3) is 11.8 Å². The van der Waals surface area contributed by atoms with E-state index >= 15 is 0 Å². The number of nitrogens with one attached hydrogen (secondary N) is 3. The normalized spacial score (nSPS) is 17.4. The molecule has 4 amide bonds. The molecular weight excluding hydrogens is 545 g/mol. The molecule has 1 aromatic heterocycles. The van der Waals surface area contributed by atoms with E-state index in [0.717, 1.165) is 11.1 Å². The van der Waals surface area contributed by atoms with Gasteiger partial charge in [0.2, 0.25) is 0 Å². The van der Waals surface area contributed by atoms with Crippen LogP contribution in [0, 0.1) is 0 Å². The molecule has 10 nitrogen and oxygen atoms in total. The molecule has 0 aliphatic carbocycles. The molecule has 0 bridgehead atoms. The van der Waals surface area contributed by atoms with Gasteiger partial charge < -0.3 is 20.3 Å². The molecule has 204 valence electrons. The predicted octanol–water partition coefficient (Wildman–Crippen LogP) is 3.79. The topological polar surface area (TPSA) is 133 Å². The number of hydrogen-bond acceptors (Lipinski definition) is 6. The molecule has 3 aromatic rings. The second-order valence-electron chi connectivity index (χ2n) is 9.03. The van der Waals surface area contributed by atoms with Crippen molar-refractivity contribution in [3.8, 4) is 5.75 Å². The molecule has 2 aromatic carbocycles. The molecule has 0 radical (unpaired) electrons. The van der Waals surface area contributed by atoms with E-state index in [1.165, 1.54) is 11.8 Å². The van der Waals surface area contributed by atoms with Crippen molar-refractivity contribution in [2.45, 2.75) is 38.1 Å². The average molecular weight is 572 g/mol. The maximum atomic E-state index is 13.7. The Morgan fingerprint density at radius 2 is 1.74 bits per heavy atom. The van der Waals surface area contributed by atoms with E-state index in [-0.39, 0.29) is 36.4 Å². The Morgan fingerprint density at radius 3 is 2.38 bits per heavy atom. The molecule has 4 N–H and O–H groups in total.